The third kappa shape index (κ3) is 8.66. The summed E-state index contributed by atoms with van der Waals surface area (Å²) in [5.41, 5.74) is 4.17. The molecule has 8 nitrogen and oxygen atoms in total. The van der Waals surface area contributed by atoms with Gasteiger partial charge in [0.1, 0.15) is 11.9 Å². The van der Waals surface area contributed by atoms with Crippen molar-refractivity contribution in [1.82, 2.24) is 15.3 Å². The van der Waals surface area contributed by atoms with Gasteiger partial charge in [0.05, 0.1) is 30.3 Å². The molecule has 1 aliphatic carbocycles. The number of anilines is 1. The fraction of sp³-hybridized carbons (Fsp3) is 0.353. The van der Waals surface area contributed by atoms with Crippen molar-refractivity contribution in [3.8, 4) is 17.5 Å². The molecule has 0 bridgehead atoms. The molecule has 0 saturated heterocycles. The molecule has 43 heavy (non-hydrogen) atoms. The summed E-state index contributed by atoms with van der Waals surface area (Å²) in [6.45, 7) is 0.427. The quantitative estimate of drug-likeness (QED) is 0.162. The first-order valence-electron chi connectivity index (χ1n) is 14.8. The van der Waals surface area contributed by atoms with Gasteiger partial charge in [-0.3, -0.25) is 9.59 Å². The van der Waals surface area contributed by atoms with Crippen LogP contribution in [0.3, 0.4) is 0 Å². The Kier molecular flexibility index (Phi) is 10.4. The van der Waals surface area contributed by atoms with Crippen molar-refractivity contribution in [1.29, 1.82) is 5.26 Å². The van der Waals surface area contributed by atoms with E-state index in [0.29, 0.717) is 35.5 Å². The number of H-pyrrole nitrogens is 1. The number of imidazole rings is 1. The molecule has 2 atom stereocenters. The number of aromatic nitrogens is 2. The number of aromatic amines is 1. The minimum atomic E-state index is -0.796. The lowest BCUT2D eigenvalue weighted by molar-refractivity contribution is -0.130. The molecule has 1 aliphatic rings. The second kappa shape index (κ2) is 14.8. The monoisotopic (exact) mass is 597 g/mol. The van der Waals surface area contributed by atoms with E-state index in [1.165, 1.54) is 6.42 Å². The van der Waals surface area contributed by atoms with Crippen molar-refractivity contribution in [3.63, 3.8) is 0 Å². The van der Waals surface area contributed by atoms with Gasteiger partial charge >= 0.3 is 0 Å². The zero-order valence-corrected chi connectivity index (χ0v) is 24.8. The van der Waals surface area contributed by atoms with Crippen LogP contribution in [0.4, 0.5) is 5.69 Å². The summed E-state index contributed by atoms with van der Waals surface area (Å²) >= 11 is 6.09. The maximum atomic E-state index is 13.4. The zero-order chi connectivity index (χ0) is 30.0. The highest BCUT2D eigenvalue weighted by Crippen LogP contribution is 2.31. The molecule has 222 valence electrons. The summed E-state index contributed by atoms with van der Waals surface area (Å²) in [4.78, 5) is 34.4. The van der Waals surface area contributed by atoms with Crippen molar-refractivity contribution in [2.24, 2.45) is 11.8 Å². The lowest BCUT2D eigenvalue weighted by Crippen LogP contribution is -2.42. The number of nitrogens with one attached hydrogen (secondary N) is 3. The van der Waals surface area contributed by atoms with Crippen LogP contribution in [0.25, 0.3) is 22.4 Å². The lowest BCUT2D eigenvalue weighted by Gasteiger charge is -2.26. The number of fused-ring (bicyclic) bond motifs is 1. The Hall–Kier alpha value is -4.19. The van der Waals surface area contributed by atoms with Crippen LogP contribution in [-0.2, 0) is 20.9 Å². The molecule has 9 heteroatoms. The van der Waals surface area contributed by atoms with Crippen LogP contribution in [0.15, 0.2) is 72.8 Å². The second-order valence-corrected chi connectivity index (χ2v) is 11.6. The van der Waals surface area contributed by atoms with Gasteiger partial charge in [-0.05, 0) is 60.4 Å². The summed E-state index contributed by atoms with van der Waals surface area (Å²) in [5.74, 6) is 0.0471. The first-order valence-corrected chi connectivity index (χ1v) is 15.2. The molecule has 0 spiro atoms. The third-order valence-electron chi connectivity index (χ3n) is 7.90. The molecular formula is C34H36ClN5O3. The Morgan fingerprint density at radius 2 is 1.81 bits per heavy atom. The van der Waals surface area contributed by atoms with Gasteiger partial charge in [0.15, 0.2) is 0 Å². The summed E-state index contributed by atoms with van der Waals surface area (Å²) in [6, 6.07) is 23.9. The van der Waals surface area contributed by atoms with Crippen molar-refractivity contribution in [3.05, 3.63) is 83.4 Å². The number of nitrogens with zero attached hydrogens (tertiary/aromatic N) is 2. The SMILES string of the molecule is N#CC(COCc1ccccc1)NC(=O)C(CC(=O)Nc1ccc(-c2nc3ccc(Cl)cc3[nH]2)cc1)CC1CCCCC1. The second-order valence-electron chi connectivity index (χ2n) is 11.2. The number of amides is 2. The first-order chi connectivity index (χ1) is 21.0. The number of carbonyl (C=O) groups is 2. The van der Waals surface area contributed by atoms with E-state index in [0.717, 1.165) is 47.8 Å². The van der Waals surface area contributed by atoms with Gasteiger partial charge in [0.2, 0.25) is 11.8 Å². The smallest absolute Gasteiger partial charge is 0.225 e. The summed E-state index contributed by atoms with van der Waals surface area (Å²) in [7, 11) is 0. The molecule has 3 aromatic carbocycles. The van der Waals surface area contributed by atoms with E-state index in [-0.39, 0.29) is 24.8 Å². The standard InChI is InChI=1S/C34H36ClN5O3/c35-27-13-16-30-31(19-27)40-33(39-30)25-11-14-28(15-12-25)37-32(41)18-26(17-23-7-3-1-4-8-23)34(42)38-29(20-36)22-43-21-24-9-5-2-6-10-24/h2,5-6,9-16,19,23,26,29H,1,3-4,7-8,17-18,21-22H2,(H,37,41)(H,38,42)(H,39,40). The maximum absolute atomic E-state index is 13.4. The molecule has 1 saturated carbocycles. The maximum Gasteiger partial charge on any atom is 0.225 e. The van der Waals surface area contributed by atoms with Crippen molar-refractivity contribution >= 4 is 40.1 Å². The number of carbonyl (C=O) groups excluding carboxylic acids is 2. The fourth-order valence-corrected chi connectivity index (χ4v) is 5.82. The summed E-state index contributed by atoms with van der Waals surface area (Å²) in [6.07, 6.45) is 6.27. The predicted octanol–water partition coefficient (Wildman–Crippen LogP) is 7.02. The van der Waals surface area contributed by atoms with Crippen LogP contribution < -0.4 is 10.6 Å². The highest BCUT2D eigenvalue weighted by atomic mass is 35.5. The molecular weight excluding hydrogens is 562 g/mol. The Bertz CT molecular complexity index is 1560. The molecule has 0 radical (unpaired) electrons. The number of halogens is 1. The van der Waals surface area contributed by atoms with E-state index in [2.05, 4.69) is 26.7 Å². The molecule has 2 unspecified atom stereocenters. The van der Waals surface area contributed by atoms with Crippen LogP contribution in [0.2, 0.25) is 5.02 Å². The molecule has 5 rings (SSSR count). The van der Waals surface area contributed by atoms with Gasteiger partial charge in [-0.25, -0.2) is 4.98 Å². The third-order valence-corrected chi connectivity index (χ3v) is 8.13. The van der Waals surface area contributed by atoms with E-state index in [4.69, 9.17) is 16.3 Å². The number of rotatable bonds is 12. The predicted molar refractivity (Wildman–Crippen MR) is 168 cm³/mol. The minimum absolute atomic E-state index is 0.0391. The van der Waals surface area contributed by atoms with Crippen LogP contribution in [0, 0.1) is 23.2 Å². The van der Waals surface area contributed by atoms with Gasteiger partial charge in [0, 0.05) is 28.6 Å². The molecule has 2 amide bonds. The highest BCUT2D eigenvalue weighted by Gasteiger charge is 2.28. The van der Waals surface area contributed by atoms with E-state index in [1.54, 1.807) is 6.07 Å². The average Bonchev–Trinajstić information content (AvgIpc) is 3.45. The van der Waals surface area contributed by atoms with E-state index < -0.39 is 12.0 Å². The van der Waals surface area contributed by atoms with Gasteiger partial charge in [-0.1, -0.05) is 74.0 Å². The van der Waals surface area contributed by atoms with Gasteiger partial charge in [0.25, 0.3) is 0 Å². The van der Waals surface area contributed by atoms with Crippen molar-refractivity contribution < 1.29 is 14.3 Å². The van der Waals surface area contributed by atoms with E-state index >= 15 is 0 Å². The van der Waals surface area contributed by atoms with Gasteiger partial charge in [-0.2, -0.15) is 5.26 Å². The molecule has 4 aromatic rings. The minimum Gasteiger partial charge on any atom is -0.374 e. The van der Waals surface area contributed by atoms with Crippen LogP contribution in [-0.4, -0.2) is 34.4 Å². The highest BCUT2D eigenvalue weighted by molar-refractivity contribution is 6.31. The average molecular weight is 598 g/mol. The molecule has 1 heterocycles. The Morgan fingerprint density at radius 1 is 1.05 bits per heavy atom. The van der Waals surface area contributed by atoms with Crippen molar-refractivity contribution in [2.75, 3.05) is 11.9 Å². The molecule has 3 N–H and O–H groups in total. The van der Waals surface area contributed by atoms with Crippen molar-refractivity contribution in [2.45, 2.75) is 57.6 Å². The number of benzene rings is 3. The molecule has 1 aromatic heterocycles. The summed E-state index contributed by atoms with van der Waals surface area (Å²) in [5, 5.41) is 16.1. The lowest BCUT2D eigenvalue weighted by atomic mass is 9.81. The van der Waals surface area contributed by atoms with Gasteiger partial charge < -0.3 is 20.4 Å². The summed E-state index contributed by atoms with van der Waals surface area (Å²) < 4.78 is 5.70. The largest absolute Gasteiger partial charge is 0.374 e. The van der Waals surface area contributed by atoms with E-state index in [1.807, 2.05) is 66.7 Å². The van der Waals surface area contributed by atoms with Crippen LogP contribution in [0.1, 0.15) is 50.5 Å². The number of hydrogen-bond acceptors (Lipinski definition) is 5. The van der Waals surface area contributed by atoms with E-state index in [9.17, 15) is 14.9 Å². The van der Waals surface area contributed by atoms with Crippen LogP contribution in [0.5, 0.6) is 0 Å². The Balaban J connectivity index is 1.19. The normalized spacial score (nSPS) is 15.0. The Morgan fingerprint density at radius 3 is 2.56 bits per heavy atom. The number of ether oxygens (including phenoxy) is 1. The molecule has 1 fully saturated rings. The molecule has 0 aliphatic heterocycles. The van der Waals surface area contributed by atoms with Crippen LogP contribution >= 0.6 is 11.6 Å². The number of nitriles is 1. The topological polar surface area (TPSA) is 120 Å². The number of hydrogen-bond donors (Lipinski definition) is 3. The first kappa shape index (κ1) is 30.3. The fourth-order valence-electron chi connectivity index (χ4n) is 5.64. The zero-order valence-electron chi connectivity index (χ0n) is 24.0. The Labute approximate surface area is 256 Å². The van der Waals surface area contributed by atoms with Gasteiger partial charge in [-0.15, -0.1) is 0 Å².